The summed E-state index contributed by atoms with van der Waals surface area (Å²) in [4.78, 5) is 1.93. The van der Waals surface area contributed by atoms with E-state index in [4.69, 9.17) is 4.74 Å². The highest BCUT2D eigenvalue weighted by Crippen LogP contribution is 2.28. The molecule has 0 saturated carbocycles. The highest BCUT2D eigenvalue weighted by Gasteiger charge is 2.39. The van der Waals surface area contributed by atoms with Crippen LogP contribution in [0.25, 0.3) is 0 Å². The van der Waals surface area contributed by atoms with Crippen molar-refractivity contribution in [1.82, 2.24) is 9.21 Å². The third-order valence-electron chi connectivity index (χ3n) is 5.24. The summed E-state index contributed by atoms with van der Waals surface area (Å²) in [5, 5.41) is 0. The molecule has 0 aromatic heterocycles. The lowest BCUT2D eigenvalue weighted by molar-refractivity contribution is -0.274. The predicted molar refractivity (Wildman–Crippen MR) is 106 cm³/mol. The van der Waals surface area contributed by atoms with Crippen molar-refractivity contribution in [3.8, 4) is 5.75 Å². The second-order valence-electron chi connectivity index (χ2n) is 7.50. The summed E-state index contributed by atoms with van der Waals surface area (Å²) >= 11 is 0. The SMILES string of the molecule is O=S1(=O)CC[C@@H](N(CCCN2CCOCC2)S(=O)(=O)c2ccc(OC(F)(F)F)cc2)C1. The van der Waals surface area contributed by atoms with Gasteiger partial charge >= 0.3 is 6.36 Å². The zero-order chi connectivity index (χ0) is 22.7. The van der Waals surface area contributed by atoms with Gasteiger partial charge in [-0.3, -0.25) is 4.90 Å². The lowest BCUT2D eigenvalue weighted by Crippen LogP contribution is -2.43. The molecule has 2 aliphatic rings. The zero-order valence-corrected chi connectivity index (χ0v) is 18.4. The minimum absolute atomic E-state index is 0.0918. The molecule has 0 aliphatic carbocycles. The lowest BCUT2D eigenvalue weighted by Gasteiger charge is -2.30. The number of sulfone groups is 1. The fraction of sp³-hybridized carbons (Fsp3) is 0.667. The molecule has 2 saturated heterocycles. The Morgan fingerprint density at radius 3 is 2.35 bits per heavy atom. The molecule has 176 valence electrons. The van der Waals surface area contributed by atoms with E-state index in [0.717, 1.165) is 37.4 Å². The van der Waals surface area contributed by atoms with Crippen LogP contribution in [-0.2, 0) is 24.6 Å². The molecule has 1 atom stereocenters. The fourth-order valence-corrected chi connectivity index (χ4v) is 7.24. The molecule has 0 radical (unpaired) electrons. The van der Waals surface area contributed by atoms with Crippen molar-refractivity contribution in [2.24, 2.45) is 0 Å². The lowest BCUT2D eigenvalue weighted by atomic mass is 10.2. The van der Waals surface area contributed by atoms with E-state index in [0.29, 0.717) is 26.2 Å². The summed E-state index contributed by atoms with van der Waals surface area (Å²) in [6.45, 7) is 3.44. The number of hydrogen-bond donors (Lipinski definition) is 0. The fourth-order valence-electron chi connectivity index (χ4n) is 3.73. The van der Waals surface area contributed by atoms with Crippen LogP contribution in [0.15, 0.2) is 29.2 Å². The third kappa shape index (κ3) is 6.78. The minimum Gasteiger partial charge on any atom is -0.406 e. The average molecular weight is 487 g/mol. The molecule has 13 heteroatoms. The van der Waals surface area contributed by atoms with E-state index in [1.165, 1.54) is 4.31 Å². The summed E-state index contributed by atoms with van der Waals surface area (Å²) in [5.74, 6) is -0.890. The van der Waals surface area contributed by atoms with Gasteiger partial charge in [-0.05, 0) is 43.7 Å². The van der Waals surface area contributed by atoms with Crippen LogP contribution in [0.2, 0.25) is 0 Å². The first-order chi connectivity index (χ1) is 14.5. The first-order valence-electron chi connectivity index (χ1n) is 9.84. The van der Waals surface area contributed by atoms with E-state index in [1.807, 2.05) is 0 Å². The minimum atomic E-state index is -4.88. The van der Waals surface area contributed by atoms with E-state index < -0.39 is 38.0 Å². The van der Waals surface area contributed by atoms with Crippen LogP contribution in [0.3, 0.4) is 0 Å². The van der Waals surface area contributed by atoms with Gasteiger partial charge < -0.3 is 9.47 Å². The van der Waals surface area contributed by atoms with Crippen LogP contribution in [0, 0.1) is 0 Å². The number of nitrogens with zero attached hydrogens (tertiary/aromatic N) is 2. The van der Waals surface area contributed by atoms with Gasteiger partial charge in [0.25, 0.3) is 0 Å². The van der Waals surface area contributed by atoms with Crippen molar-refractivity contribution in [1.29, 1.82) is 0 Å². The van der Waals surface area contributed by atoms with E-state index in [-0.39, 0.29) is 29.4 Å². The number of sulfonamides is 1. The van der Waals surface area contributed by atoms with Gasteiger partial charge in [0.15, 0.2) is 9.84 Å². The molecule has 0 amide bonds. The predicted octanol–water partition coefficient (Wildman–Crippen LogP) is 1.49. The second-order valence-corrected chi connectivity index (χ2v) is 11.6. The molecule has 0 bridgehead atoms. The van der Waals surface area contributed by atoms with Crippen LogP contribution in [0.4, 0.5) is 13.2 Å². The monoisotopic (exact) mass is 486 g/mol. The average Bonchev–Trinajstić information content (AvgIpc) is 3.04. The van der Waals surface area contributed by atoms with Gasteiger partial charge in [-0.25, -0.2) is 16.8 Å². The standard InChI is InChI=1S/C18H25F3N2O6S2/c19-18(20,21)29-16-2-4-17(5-3-16)31(26,27)23(15-6-13-30(24,25)14-15)8-1-7-22-9-11-28-12-10-22/h2-5,15H,1,6-14H2/t15-/m1/s1. The van der Waals surface area contributed by atoms with Crippen LogP contribution < -0.4 is 4.74 Å². The molecule has 2 aliphatic heterocycles. The summed E-state index contributed by atoms with van der Waals surface area (Å²) in [5.41, 5.74) is 0. The Balaban J connectivity index is 1.76. The van der Waals surface area contributed by atoms with E-state index in [2.05, 4.69) is 9.64 Å². The number of morpholine rings is 1. The van der Waals surface area contributed by atoms with Gasteiger partial charge in [0.05, 0.1) is 29.6 Å². The van der Waals surface area contributed by atoms with Gasteiger partial charge in [0.2, 0.25) is 10.0 Å². The number of ether oxygens (including phenoxy) is 2. The molecule has 8 nitrogen and oxygen atoms in total. The molecule has 1 aromatic carbocycles. The van der Waals surface area contributed by atoms with E-state index in [9.17, 15) is 30.0 Å². The largest absolute Gasteiger partial charge is 0.573 e. The highest BCUT2D eigenvalue weighted by molar-refractivity contribution is 7.92. The van der Waals surface area contributed by atoms with Crippen molar-refractivity contribution in [2.45, 2.75) is 30.1 Å². The molecular weight excluding hydrogens is 461 g/mol. The van der Waals surface area contributed by atoms with E-state index in [1.54, 1.807) is 0 Å². The third-order valence-corrected chi connectivity index (χ3v) is 8.95. The van der Waals surface area contributed by atoms with Crippen molar-refractivity contribution < 1.29 is 39.5 Å². The van der Waals surface area contributed by atoms with Gasteiger partial charge in [-0.15, -0.1) is 13.2 Å². The molecule has 0 unspecified atom stereocenters. The Hall–Kier alpha value is -1.41. The Morgan fingerprint density at radius 2 is 1.81 bits per heavy atom. The maximum absolute atomic E-state index is 13.2. The number of benzene rings is 1. The first-order valence-corrected chi connectivity index (χ1v) is 13.1. The number of hydrogen-bond acceptors (Lipinski definition) is 7. The normalized spacial score (nSPS) is 22.6. The molecule has 0 N–H and O–H groups in total. The second kappa shape index (κ2) is 9.61. The first kappa shape index (κ1) is 24.2. The Kier molecular flexibility index (Phi) is 7.51. The van der Waals surface area contributed by atoms with Crippen molar-refractivity contribution in [3.63, 3.8) is 0 Å². The molecule has 1 aromatic rings. The molecule has 31 heavy (non-hydrogen) atoms. The summed E-state index contributed by atoms with van der Waals surface area (Å²) in [6, 6.07) is 3.23. The molecule has 0 spiro atoms. The van der Waals surface area contributed by atoms with Gasteiger partial charge in [-0.1, -0.05) is 0 Å². The summed E-state index contributed by atoms with van der Waals surface area (Å²) in [6.07, 6.45) is -4.20. The molecule has 3 rings (SSSR count). The van der Waals surface area contributed by atoms with Crippen LogP contribution in [0.5, 0.6) is 5.75 Å². The Labute approximate surface area is 179 Å². The number of alkyl halides is 3. The van der Waals surface area contributed by atoms with Crippen molar-refractivity contribution in [2.75, 3.05) is 50.9 Å². The zero-order valence-electron chi connectivity index (χ0n) is 16.8. The van der Waals surface area contributed by atoms with Crippen LogP contribution in [0.1, 0.15) is 12.8 Å². The summed E-state index contributed by atoms with van der Waals surface area (Å²) in [7, 11) is -7.44. The van der Waals surface area contributed by atoms with Crippen molar-refractivity contribution >= 4 is 19.9 Å². The number of halogens is 3. The number of rotatable bonds is 8. The topological polar surface area (TPSA) is 93.2 Å². The summed E-state index contributed by atoms with van der Waals surface area (Å²) < 4.78 is 97.7. The smallest absolute Gasteiger partial charge is 0.406 e. The maximum atomic E-state index is 13.2. The Morgan fingerprint density at radius 1 is 1.16 bits per heavy atom. The molecule has 2 heterocycles. The van der Waals surface area contributed by atoms with Gasteiger partial charge in [-0.2, -0.15) is 4.31 Å². The van der Waals surface area contributed by atoms with Crippen LogP contribution in [-0.4, -0.2) is 89.3 Å². The Bertz CT molecular complexity index is 946. The maximum Gasteiger partial charge on any atom is 0.573 e. The van der Waals surface area contributed by atoms with Gasteiger partial charge in [0.1, 0.15) is 5.75 Å². The van der Waals surface area contributed by atoms with Gasteiger partial charge in [0, 0.05) is 25.7 Å². The van der Waals surface area contributed by atoms with E-state index >= 15 is 0 Å². The van der Waals surface area contributed by atoms with Crippen LogP contribution >= 0.6 is 0 Å². The van der Waals surface area contributed by atoms with Crippen molar-refractivity contribution in [3.05, 3.63) is 24.3 Å². The quantitative estimate of drug-likeness (QED) is 0.550. The molecule has 2 fully saturated rings. The highest BCUT2D eigenvalue weighted by atomic mass is 32.2. The molecular formula is C18H25F3N2O6S2.